The summed E-state index contributed by atoms with van der Waals surface area (Å²) in [7, 11) is 0. The molecule has 0 bridgehead atoms. The van der Waals surface area contributed by atoms with Gasteiger partial charge < -0.3 is 10.1 Å². The molecule has 3 aromatic heterocycles. The van der Waals surface area contributed by atoms with Crippen molar-refractivity contribution in [3.63, 3.8) is 0 Å². The van der Waals surface area contributed by atoms with Gasteiger partial charge in [0.15, 0.2) is 28.8 Å². The van der Waals surface area contributed by atoms with Gasteiger partial charge >= 0.3 is 0 Å². The van der Waals surface area contributed by atoms with Crippen molar-refractivity contribution in [2.75, 3.05) is 6.61 Å². The van der Waals surface area contributed by atoms with Gasteiger partial charge in [-0.3, -0.25) is 4.79 Å². The average Bonchev–Trinajstić information content (AvgIpc) is 3.77. The number of nitrogens with zero attached hydrogens (tertiary/aromatic N) is 6. The van der Waals surface area contributed by atoms with Crippen LogP contribution in [0.15, 0.2) is 36.8 Å². The molecule has 9 nitrogen and oxygen atoms in total. The largest absolute Gasteiger partial charge is 0.479 e. The van der Waals surface area contributed by atoms with E-state index in [-0.39, 0.29) is 12.0 Å². The highest BCUT2D eigenvalue weighted by Gasteiger charge is 2.40. The Morgan fingerprint density at radius 3 is 2.62 bits per heavy atom. The molecule has 4 aromatic rings. The van der Waals surface area contributed by atoms with Crippen molar-refractivity contribution in [1.82, 2.24) is 34.9 Å². The Labute approximate surface area is 240 Å². The predicted molar refractivity (Wildman–Crippen MR) is 144 cm³/mol. The molecule has 0 aliphatic heterocycles. The molecule has 1 fully saturated rings. The lowest BCUT2D eigenvalue weighted by Gasteiger charge is -2.35. The molecule has 0 spiro atoms. The lowest BCUT2D eigenvalue weighted by atomic mass is 9.81. The van der Waals surface area contributed by atoms with Crippen LogP contribution in [0.2, 0.25) is 0 Å². The third-order valence-corrected chi connectivity index (χ3v) is 8.12. The summed E-state index contributed by atoms with van der Waals surface area (Å²) in [6.45, 7) is 3.70. The molecule has 3 heterocycles. The molecule has 1 N–H and O–H groups in total. The van der Waals surface area contributed by atoms with Crippen LogP contribution in [-0.4, -0.2) is 42.0 Å². The summed E-state index contributed by atoms with van der Waals surface area (Å²) < 4.78 is 63.5. The minimum Gasteiger partial charge on any atom is -0.479 e. The van der Waals surface area contributed by atoms with Gasteiger partial charge in [-0.15, -0.1) is 5.10 Å². The van der Waals surface area contributed by atoms with Gasteiger partial charge in [-0.25, -0.2) is 23.0 Å². The zero-order valence-corrected chi connectivity index (χ0v) is 23.5. The Bertz CT molecular complexity index is 1530. The first kappa shape index (κ1) is 29.6. The second-order valence-corrected chi connectivity index (χ2v) is 10.9. The molecule has 1 saturated carbocycles. The van der Waals surface area contributed by atoms with Gasteiger partial charge in [0.05, 0.1) is 23.6 Å². The molecule has 5 rings (SSSR count). The summed E-state index contributed by atoms with van der Waals surface area (Å²) in [6, 6.07) is 2.96. The number of halogens is 4. The van der Waals surface area contributed by atoms with Crippen LogP contribution in [0.5, 0.6) is 5.75 Å². The number of ether oxygens (including phenoxy) is 1. The second kappa shape index (κ2) is 12.6. The maximum Gasteiger partial charge on any atom is 0.203 e. The van der Waals surface area contributed by atoms with E-state index in [0.29, 0.717) is 25.1 Å². The van der Waals surface area contributed by atoms with Crippen LogP contribution in [0.25, 0.3) is 5.65 Å². The van der Waals surface area contributed by atoms with E-state index in [1.807, 2.05) is 25.3 Å². The van der Waals surface area contributed by atoms with E-state index in [1.165, 1.54) is 4.68 Å². The van der Waals surface area contributed by atoms with Crippen molar-refractivity contribution in [1.29, 1.82) is 0 Å². The molecule has 42 heavy (non-hydrogen) atoms. The number of rotatable bonds is 13. The predicted octanol–water partition coefficient (Wildman–Crippen LogP) is 5.45. The lowest BCUT2D eigenvalue weighted by Crippen LogP contribution is -2.45. The average molecular weight is 588 g/mol. The van der Waals surface area contributed by atoms with Crippen molar-refractivity contribution in [2.45, 2.75) is 76.9 Å². The van der Waals surface area contributed by atoms with Gasteiger partial charge in [0.25, 0.3) is 0 Å². The summed E-state index contributed by atoms with van der Waals surface area (Å²) in [5.41, 5.74) is 1.65. The number of nitrogens with one attached hydrogen (secondary N) is 1. The smallest absolute Gasteiger partial charge is 0.203 e. The molecule has 1 aliphatic carbocycles. The molecular formula is C29H33F4N7O2. The van der Waals surface area contributed by atoms with Gasteiger partial charge in [0.2, 0.25) is 11.6 Å². The number of Topliss-reactive ketones (excluding diaryl/α,β-unsaturated/α-hetero) is 1. The van der Waals surface area contributed by atoms with Crippen LogP contribution in [0.3, 0.4) is 0 Å². The number of benzene rings is 1. The van der Waals surface area contributed by atoms with E-state index >= 15 is 0 Å². The first-order valence-corrected chi connectivity index (χ1v) is 14.2. The van der Waals surface area contributed by atoms with E-state index in [0.717, 1.165) is 43.4 Å². The van der Waals surface area contributed by atoms with Gasteiger partial charge in [0.1, 0.15) is 18.3 Å². The molecule has 1 aromatic carbocycles. The SMILES string of the molecule is CCCCC(C(=O)COc1c(F)c(F)cc(F)c1F)n1cc([C@@](C)(NCc2ccn3nccc3n2)C2CCCC2)nn1. The standard InChI is InChI=1S/C29H33F4N7O2/c1-3-4-9-22(23(41)17-42-28-26(32)20(30)14-21(31)27(28)33)40-16-24(37-38-40)29(2,18-7-5-6-8-18)34-15-19-11-13-39-25(36-19)10-12-35-39/h10-14,16,18,22,34H,3-9,15,17H2,1-2H3/t22?,29-/m0/s1. The highest BCUT2D eigenvalue weighted by molar-refractivity contribution is 5.84. The topological polar surface area (TPSA) is 99.2 Å². The fourth-order valence-electron chi connectivity index (χ4n) is 5.59. The van der Waals surface area contributed by atoms with Crippen molar-refractivity contribution >= 4 is 11.4 Å². The van der Waals surface area contributed by atoms with Gasteiger partial charge in [-0.2, -0.15) is 13.9 Å². The van der Waals surface area contributed by atoms with Crippen molar-refractivity contribution < 1.29 is 27.1 Å². The third kappa shape index (κ3) is 6.01. The fourth-order valence-corrected chi connectivity index (χ4v) is 5.59. The number of hydrogen-bond acceptors (Lipinski definition) is 7. The van der Waals surface area contributed by atoms with Gasteiger partial charge in [-0.05, 0) is 38.2 Å². The highest BCUT2D eigenvalue weighted by atomic mass is 19.2. The maximum atomic E-state index is 14.1. The van der Waals surface area contributed by atoms with Crippen LogP contribution >= 0.6 is 0 Å². The van der Waals surface area contributed by atoms with Crippen LogP contribution in [0.4, 0.5) is 17.6 Å². The van der Waals surface area contributed by atoms with Crippen molar-refractivity contribution in [2.24, 2.45) is 5.92 Å². The minimum absolute atomic E-state index is 0.0853. The number of hydrogen-bond donors (Lipinski definition) is 1. The number of fused-ring (bicyclic) bond motifs is 1. The number of aromatic nitrogens is 6. The van der Waals surface area contributed by atoms with E-state index in [9.17, 15) is 22.4 Å². The minimum atomic E-state index is -1.70. The van der Waals surface area contributed by atoms with Crippen LogP contribution in [0, 0.1) is 29.2 Å². The molecule has 224 valence electrons. The number of carbonyl (C=O) groups is 1. The van der Waals surface area contributed by atoms with E-state index in [2.05, 4.69) is 32.6 Å². The molecule has 0 amide bonds. The zero-order valence-electron chi connectivity index (χ0n) is 23.5. The molecule has 2 atom stereocenters. The van der Waals surface area contributed by atoms with Crippen LogP contribution in [-0.2, 0) is 16.9 Å². The summed E-state index contributed by atoms with van der Waals surface area (Å²) in [5.74, 6) is -8.18. The first-order valence-electron chi connectivity index (χ1n) is 14.2. The van der Waals surface area contributed by atoms with Crippen molar-refractivity contribution in [3.05, 3.63) is 71.4 Å². The Morgan fingerprint density at radius 2 is 1.90 bits per heavy atom. The molecular weight excluding hydrogens is 554 g/mol. The third-order valence-electron chi connectivity index (χ3n) is 8.12. The highest BCUT2D eigenvalue weighted by Crippen LogP contribution is 2.40. The van der Waals surface area contributed by atoms with Crippen molar-refractivity contribution in [3.8, 4) is 5.75 Å². The Balaban J connectivity index is 1.37. The summed E-state index contributed by atoms with van der Waals surface area (Å²) in [6.07, 6.45) is 11.3. The molecule has 13 heteroatoms. The lowest BCUT2D eigenvalue weighted by molar-refractivity contribution is -0.124. The Kier molecular flexibility index (Phi) is 8.85. The van der Waals surface area contributed by atoms with E-state index < -0.39 is 53.0 Å². The van der Waals surface area contributed by atoms with Gasteiger partial charge in [-0.1, -0.05) is 37.8 Å². The quantitative estimate of drug-likeness (QED) is 0.164. The zero-order chi connectivity index (χ0) is 29.9. The number of carbonyl (C=O) groups excluding carboxylic acids is 1. The number of unbranched alkanes of at least 4 members (excludes halogenated alkanes) is 1. The van der Waals surface area contributed by atoms with Crippen LogP contribution in [0.1, 0.15) is 76.2 Å². The van der Waals surface area contributed by atoms with E-state index in [4.69, 9.17) is 4.74 Å². The second-order valence-electron chi connectivity index (χ2n) is 10.9. The first-order chi connectivity index (χ1) is 20.2. The maximum absolute atomic E-state index is 14.1. The monoisotopic (exact) mass is 587 g/mol. The summed E-state index contributed by atoms with van der Waals surface area (Å²) >= 11 is 0. The summed E-state index contributed by atoms with van der Waals surface area (Å²) in [5, 5.41) is 16.6. The number of ketones is 1. The van der Waals surface area contributed by atoms with Gasteiger partial charge in [0, 0.05) is 24.9 Å². The summed E-state index contributed by atoms with van der Waals surface area (Å²) in [4.78, 5) is 17.9. The normalized spacial score (nSPS) is 16.1. The molecule has 1 unspecified atom stereocenters. The Morgan fingerprint density at radius 1 is 1.17 bits per heavy atom. The van der Waals surface area contributed by atoms with E-state index in [1.54, 1.807) is 16.9 Å². The molecule has 0 radical (unpaired) electrons. The van der Waals surface area contributed by atoms with Crippen LogP contribution < -0.4 is 10.1 Å². The Hall–Kier alpha value is -3.87. The molecule has 0 saturated heterocycles. The molecule has 1 aliphatic rings. The fraction of sp³-hybridized carbons (Fsp3) is 0.483.